The van der Waals surface area contributed by atoms with Crippen LogP contribution in [0.2, 0.25) is 5.02 Å². The van der Waals surface area contributed by atoms with Gasteiger partial charge in [-0.2, -0.15) is 4.98 Å². The number of nitrogens with one attached hydrogen (secondary N) is 1. The number of carbonyl (C=O) groups excluding carboxylic acids is 1. The summed E-state index contributed by atoms with van der Waals surface area (Å²) in [4.78, 5) is 20.4. The van der Waals surface area contributed by atoms with Gasteiger partial charge in [-0.1, -0.05) is 22.8 Å². The molecule has 0 fully saturated rings. The Morgan fingerprint density at radius 3 is 2.85 bits per heavy atom. The molecule has 7 nitrogen and oxygen atoms in total. The molecule has 8 heteroatoms. The molecule has 2 aromatic heterocycles. The van der Waals surface area contributed by atoms with E-state index < -0.39 is 0 Å². The van der Waals surface area contributed by atoms with E-state index in [1.807, 2.05) is 18.2 Å². The number of benzene rings is 1. The molecule has 3 aromatic rings. The summed E-state index contributed by atoms with van der Waals surface area (Å²) < 4.78 is 10.4. The van der Waals surface area contributed by atoms with Gasteiger partial charge in [0.1, 0.15) is 0 Å². The van der Waals surface area contributed by atoms with Crippen LogP contribution in [0.25, 0.3) is 11.4 Å². The summed E-state index contributed by atoms with van der Waals surface area (Å²) in [6, 6.07) is 10.8. The lowest BCUT2D eigenvalue weighted by Gasteiger charge is -2.07. The number of hydrogen-bond donors (Lipinski definition) is 1. The number of aromatic nitrogens is 3. The standard InChI is InChI=1S/C18H17ClN4O3/c1-25-18-13(3-2-10-20-18)11-21-15(24)8-9-16-22-17(23-26-16)12-4-6-14(19)7-5-12/h2-7,10H,8-9,11H2,1H3,(H,21,24). The molecule has 1 aromatic carbocycles. The second-order valence-corrected chi connectivity index (χ2v) is 5.90. The molecule has 0 saturated carbocycles. The largest absolute Gasteiger partial charge is 0.481 e. The number of rotatable bonds is 7. The number of methoxy groups -OCH3 is 1. The van der Waals surface area contributed by atoms with Crippen LogP contribution in [-0.4, -0.2) is 28.1 Å². The van der Waals surface area contributed by atoms with Crippen molar-refractivity contribution in [2.45, 2.75) is 19.4 Å². The average molecular weight is 373 g/mol. The Hall–Kier alpha value is -2.93. The number of carbonyl (C=O) groups is 1. The summed E-state index contributed by atoms with van der Waals surface area (Å²) in [7, 11) is 1.54. The van der Waals surface area contributed by atoms with E-state index in [9.17, 15) is 4.79 Å². The molecule has 0 atom stereocenters. The molecule has 26 heavy (non-hydrogen) atoms. The Bertz CT molecular complexity index is 880. The summed E-state index contributed by atoms with van der Waals surface area (Å²) in [5.74, 6) is 1.25. The predicted octanol–water partition coefficient (Wildman–Crippen LogP) is 3.04. The molecule has 3 rings (SSSR count). The number of halogens is 1. The van der Waals surface area contributed by atoms with Crippen LogP contribution in [-0.2, 0) is 17.8 Å². The lowest BCUT2D eigenvalue weighted by Crippen LogP contribution is -2.23. The molecule has 0 spiro atoms. The van der Waals surface area contributed by atoms with Gasteiger partial charge in [-0.3, -0.25) is 4.79 Å². The highest BCUT2D eigenvalue weighted by molar-refractivity contribution is 6.30. The van der Waals surface area contributed by atoms with Gasteiger partial charge in [-0.05, 0) is 30.3 Å². The fraction of sp³-hybridized carbons (Fsp3) is 0.222. The van der Waals surface area contributed by atoms with E-state index >= 15 is 0 Å². The average Bonchev–Trinajstić information content (AvgIpc) is 3.14. The lowest BCUT2D eigenvalue weighted by molar-refractivity contribution is -0.121. The van der Waals surface area contributed by atoms with Crippen molar-refractivity contribution in [3.63, 3.8) is 0 Å². The summed E-state index contributed by atoms with van der Waals surface area (Å²) in [5.41, 5.74) is 1.61. The molecule has 1 amide bonds. The molecule has 0 aliphatic heterocycles. The topological polar surface area (TPSA) is 90.1 Å². The number of amides is 1. The molecule has 1 N–H and O–H groups in total. The molecule has 0 bridgehead atoms. The molecule has 0 radical (unpaired) electrons. The van der Waals surface area contributed by atoms with Crippen molar-refractivity contribution in [1.82, 2.24) is 20.4 Å². The van der Waals surface area contributed by atoms with Gasteiger partial charge >= 0.3 is 0 Å². The third-order valence-corrected chi connectivity index (χ3v) is 3.91. The van der Waals surface area contributed by atoms with Crippen molar-refractivity contribution < 1.29 is 14.1 Å². The van der Waals surface area contributed by atoms with Gasteiger partial charge in [0.05, 0.1) is 7.11 Å². The minimum atomic E-state index is -0.123. The number of pyridine rings is 1. The predicted molar refractivity (Wildman–Crippen MR) is 95.7 cm³/mol. The van der Waals surface area contributed by atoms with Gasteiger partial charge in [-0.15, -0.1) is 0 Å². The highest BCUT2D eigenvalue weighted by Crippen LogP contribution is 2.19. The van der Waals surface area contributed by atoms with E-state index in [0.717, 1.165) is 11.1 Å². The van der Waals surface area contributed by atoms with Crippen molar-refractivity contribution in [2.24, 2.45) is 0 Å². The number of nitrogens with zero attached hydrogens (tertiary/aromatic N) is 3. The zero-order chi connectivity index (χ0) is 18.4. The Morgan fingerprint density at radius 1 is 1.27 bits per heavy atom. The molecular formula is C18H17ClN4O3. The molecular weight excluding hydrogens is 356 g/mol. The van der Waals surface area contributed by atoms with Crippen LogP contribution in [0, 0.1) is 0 Å². The summed E-state index contributed by atoms with van der Waals surface area (Å²) >= 11 is 5.86. The van der Waals surface area contributed by atoms with E-state index in [-0.39, 0.29) is 12.3 Å². The first-order valence-corrected chi connectivity index (χ1v) is 8.36. The van der Waals surface area contributed by atoms with Gasteiger partial charge in [0.25, 0.3) is 0 Å². The van der Waals surface area contributed by atoms with E-state index in [4.69, 9.17) is 20.9 Å². The first-order valence-electron chi connectivity index (χ1n) is 7.99. The van der Waals surface area contributed by atoms with Crippen LogP contribution in [0.1, 0.15) is 17.9 Å². The van der Waals surface area contributed by atoms with Gasteiger partial charge in [0, 0.05) is 41.7 Å². The summed E-state index contributed by atoms with van der Waals surface area (Å²) in [5, 5.41) is 7.39. The lowest BCUT2D eigenvalue weighted by atomic mass is 10.2. The van der Waals surface area contributed by atoms with Crippen LogP contribution < -0.4 is 10.1 Å². The summed E-state index contributed by atoms with van der Waals surface area (Å²) in [6.45, 7) is 0.343. The maximum Gasteiger partial charge on any atom is 0.227 e. The Kier molecular flexibility index (Phi) is 5.80. The normalized spacial score (nSPS) is 10.5. The van der Waals surface area contributed by atoms with Crippen molar-refractivity contribution in [2.75, 3.05) is 7.11 Å². The third-order valence-electron chi connectivity index (χ3n) is 3.66. The van der Waals surface area contributed by atoms with Crippen molar-refractivity contribution >= 4 is 17.5 Å². The zero-order valence-corrected chi connectivity index (χ0v) is 14.9. The van der Waals surface area contributed by atoms with E-state index in [0.29, 0.717) is 35.6 Å². The number of ether oxygens (including phenoxy) is 1. The fourth-order valence-electron chi connectivity index (χ4n) is 2.32. The van der Waals surface area contributed by atoms with Crippen molar-refractivity contribution in [1.29, 1.82) is 0 Å². The maximum atomic E-state index is 12.0. The van der Waals surface area contributed by atoms with Gasteiger partial charge < -0.3 is 14.6 Å². The highest BCUT2D eigenvalue weighted by atomic mass is 35.5. The second kappa shape index (κ2) is 8.44. The Labute approximate surface area is 155 Å². The van der Waals surface area contributed by atoms with E-state index in [1.165, 1.54) is 0 Å². The molecule has 0 aliphatic rings. The molecule has 0 saturated heterocycles. The van der Waals surface area contributed by atoms with Crippen LogP contribution in [0.4, 0.5) is 0 Å². The van der Waals surface area contributed by atoms with Gasteiger partial charge in [-0.25, -0.2) is 4.98 Å². The fourth-order valence-corrected chi connectivity index (χ4v) is 2.44. The molecule has 134 valence electrons. The summed E-state index contributed by atoms with van der Waals surface area (Å²) in [6.07, 6.45) is 2.24. The molecule has 0 unspecified atom stereocenters. The number of aryl methyl sites for hydroxylation is 1. The van der Waals surface area contributed by atoms with Gasteiger partial charge in [0.15, 0.2) is 0 Å². The quantitative estimate of drug-likeness (QED) is 0.685. The Morgan fingerprint density at radius 2 is 2.08 bits per heavy atom. The SMILES string of the molecule is COc1ncccc1CNC(=O)CCc1nc(-c2ccc(Cl)cc2)no1. The minimum absolute atomic E-state index is 0.123. The first-order chi connectivity index (χ1) is 12.7. The zero-order valence-electron chi connectivity index (χ0n) is 14.1. The van der Waals surface area contributed by atoms with Gasteiger partial charge in [0.2, 0.25) is 23.5 Å². The maximum absolute atomic E-state index is 12.0. The van der Waals surface area contributed by atoms with Crippen LogP contribution in [0.5, 0.6) is 5.88 Å². The third kappa shape index (κ3) is 4.58. The second-order valence-electron chi connectivity index (χ2n) is 5.47. The van der Waals surface area contributed by atoms with Crippen molar-refractivity contribution in [3.05, 3.63) is 59.1 Å². The molecule has 0 aliphatic carbocycles. The van der Waals surface area contributed by atoms with Crippen LogP contribution >= 0.6 is 11.6 Å². The van der Waals surface area contributed by atoms with Crippen molar-refractivity contribution in [3.8, 4) is 17.3 Å². The van der Waals surface area contributed by atoms with Crippen LogP contribution in [0.3, 0.4) is 0 Å². The Balaban J connectivity index is 1.51. The monoisotopic (exact) mass is 372 g/mol. The van der Waals surface area contributed by atoms with E-state index in [1.54, 1.807) is 31.5 Å². The first kappa shape index (κ1) is 17.9. The van der Waals surface area contributed by atoms with E-state index in [2.05, 4.69) is 20.4 Å². The highest BCUT2D eigenvalue weighted by Gasteiger charge is 2.11. The number of hydrogen-bond acceptors (Lipinski definition) is 6. The molecule has 2 heterocycles. The van der Waals surface area contributed by atoms with Crippen LogP contribution in [0.15, 0.2) is 47.1 Å². The smallest absolute Gasteiger partial charge is 0.227 e. The minimum Gasteiger partial charge on any atom is -0.481 e.